The zero-order valence-corrected chi connectivity index (χ0v) is 14.2. The average molecular weight is 312 g/mol. The molecule has 0 aromatic rings. The van der Waals surface area contributed by atoms with E-state index in [0.717, 1.165) is 25.7 Å². The standard InChI is InChI=1S/C18H32O4/c1-14(2)13-22-18(21)16-12-10-8-6-4-3-5-7-9-11-15(16)17(19)20/h14-16H,3-13H2,1-2H3,(H,19,20). The number of hydrogen-bond acceptors (Lipinski definition) is 3. The van der Waals surface area contributed by atoms with Crippen LogP contribution in [0.4, 0.5) is 0 Å². The van der Waals surface area contributed by atoms with Crippen LogP contribution in [-0.4, -0.2) is 23.7 Å². The second-order valence-corrected chi connectivity index (χ2v) is 6.98. The fourth-order valence-electron chi connectivity index (χ4n) is 3.13. The Morgan fingerprint density at radius 1 is 0.909 bits per heavy atom. The Balaban J connectivity index is 2.71. The molecule has 0 heterocycles. The molecular formula is C18H32O4. The predicted molar refractivity (Wildman–Crippen MR) is 86.6 cm³/mol. The molecule has 128 valence electrons. The Kier molecular flexibility index (Phi) is 9.17. The molecule has 2 unspecified atom stereocenters. The summed E-state index contributed by atoms with van der Waals surface area (Å²) in [5.74, 6) is -1.94. The van der Waals surface area contributed by atoms with E-state index in [2.05, 4.69) is 0 Å². The van der Waals surface area contributed by atoms with Crippen molar-refractivity contribution in [1.82, 2.24) is 0 Å². The van der Waals surface area contributed by atoms with Crippen LogP contribution >= 0.6 is 0 Å². The minimum atomic E-state index is -0.844. The van der Waals surface area contributed by atoms with Crippen molar-refractivity contribution in [1.29, 1.82) is 0 Å². The van der Waals surface area contributed by atoms with Gasteiger partial charge in [0.2, 0.25) is 0 Å². The normalized spacial score (nSPS) is 25.0. The smallest absolute Gasteiger partial charge is 0.309 e. The van der Waals surface area contributed by atoms with Gasteiger partial charge in [-0.2, -0.15) is 0 Å². The molecule has 4 heteroatoms. The van der Waals surface area contributed by atoms with Crippen molar-refractivity contribution in [3.63, 3.8) is 0 Å². The van der Waals surface area contributed by atoms with Crippen LogP contribution in [-0.2, 0) is 14.3 Å². The van der Waals surface area contributed by atoms with Gasteiger partial charge in [0.05, 0.1) is 18.4 Å². The monoisotopic (exact) mass is 312 g/mol. The maximum absolute atomic E-state index is 12.3. The highest BCUT2D eigenvalue weighted by Gasteiger charge is 2.34. The molecule has 1 rings (SSSR count). The lowest BCUT2D eigenvalue weighted by Gasteiger charge is -2.23. The van der Waals surface area contributed by atoms with Crippen LogP contribution in [0.25, 0.3) is 0 Å². The van der Waals surface area contributed by atoms with Crippen molar-refractivity contribution in [3.8, 4) is 0 Å². The van der Waals surface area contributed by atoms with Gasteiger partial charge < -0.3 is 9.84 Å². The molecule has 0 bridgehead atoms. The van der Waals surface area contributed by atoms with E-state index in [1.807, 2.05) is 13.8 Å². The quantitative estimate of drug-likeness (QED) is 0.781. The highest BCUT2D eigenvalue weighted by atomic mass is 16.5. The number of hydrogen-bond donors (Lipinski definition) is 1. The molecule has 0 radical (unpaired) electrons. The number of ether oxygens (including phenoxy) is 1. The minimum Gasteiger partial charge on any atom is -0.481 e. The molecule has 1 fully saturated rings. The van der Waals surface area contributed by atoms with Crippen molar-refractivity contribution in [3.05, 3.63) is 0 Å². The van der Waals surface area contributed by atoms with E-state index < -0.39 is 17.8 Å². The Bertz CT molecular complexity index is 338. The van der Waals surface area contributed by atoms with Crippen molar-refractivity contribution < 1.29 is 19.4 Å². The van der Waals surface area contributed by atoms with Crippen molar-refractivity contribution in [2.45, 2.75) is 78.1 Å². The summed E-state index contributed by atoms with van der Waals surface area (Å²) < 4.78 is 5.35. The Hall–Kier alpha value is -1.06. The van der Waals surface area contributed by atoms with Gasteiger partial charge in [-0.15, -0.1) is 0 Å². The zero-order chi connectivity index (χ0) is 16.4. The van der Waals surface area contributed by atoms with Gasteiger partial charge in [0, 0.05) is 0 Å². The van der Waals surface area contributed by atoms with E-state index in [1.54, 1.807) is 0 Å². The molecule has 1 saturated carbocycles. The summed E-state index contributed by atoms with van der Waals surface area (Å²) in [7, 11) is 0. The zero-order valence-electron chi connectivity index (χ0n) is 14.2. The number of carboxylic acid groups (broad SMARTS) is 1. The van der Waals surface area contributed by atoms with Gasteiger partial charge in [-0.3, -0.25) is 9.59 Å². The second kappa shape index (κ2) is 10.6. The number of carbonyl (C=O) groups is 2. The lowest BCUT2D eigenvalue weighted by molar-refractivity contribution is -0.159. The fourth-order valence-corrected chi connectivity index (χ4v) is 3.13. The highest BCUT2D eigenvalue weighted by Crippen LogP contribution is 2.28. The van der Waals surface area contributed by atoms with E-state index in [4.69, 9.17) is 4.74 Å². The van der Waals surface area contributed by atoms with Crippen LogP contribution in [0.1, 0.15) is 78.1 Å². The molecule has 0 aromatic carbocycles. The van der Waals surface area contributed by atoms with Crippen LogP contribution in [0.3, 0.4) is 0 Å². The van der Waals surface area contributed by atoms with Crippen LogP contribution in [0.15, 0.2) is 0 Å². The van der Waals surface area contributed by atoms with Gasteiger partial charge >= 0.3 is 11.9 Å². The molecule has 1 aliphatic carbocycles. The SMILES string of the molecule is CC(C)COC(=O)C1CCCCCCCCCCC1C(=O)O. The first-order chi connectivity index (χ1) is 10.5. The molecule has 4 nitrogen and oxygen atoms in total. The first kappa shape index (κ1) is 19.0. The number of carboxylic acids is 1. The van der Waals surface area contributed by atoms with Gasteiger partial charge in [0.15, 0.2) is 0 Å². The largest absolute Gasteiger partial charge is 0.481 e. The van der Waals surface area contributed by atoms with Gasteiger partial charge in [0.25, 0.3) is 0 Å². The first-order valence-corrected chi connectivity index (χ1v) is 8.91. The van der Waals surface area contributed by atoms with Crippen LogP contribution in [0.2, 0.25) is 0 Å². The Morgan fingerprint density at radius 2 is 1.36 bits per heavy atom. The minimum absolute atomic E-state index is 0.276. The Morgan fingerprint density at radius 3 is 1.82 bits per heavy atom. The van der Waals surface area contributed by atoms with Gasteiger partial charge in [-0.05, 0) is 18.8 Å². The number of aliphatic carboxylic acids is 1. The molecule has 0 aliphatic heterocycles. The third-order valence-electron chi connectivity index (χ3n) is 4.44. The summed E-state index contributed by atoms with van der Waals surface area (Å²) >= 11 is 0. The molecule has 22 heavy (non-hydrogen) atoms. The molecule has 0 amide bonds. The van der Waals surface area contributed by atoms with Gasteiger partial charge in [-0.1, -0.05) is 65.2 Å². The van der Waals surface area contributed by atoms with Crippen molar-refractivity contribution >= 4 is 11.9 Å². The predicted octanol–water partition coefficient (Wildman–Crippen LogP) is 4.42. The van der Waals surface area contributed by atoms with Crippen LogP contribution in [0, 0.1) is 17.8 Å². The van der Waals surface area contributed by atoms with E-state index in [0.29, 0.717) is 19.4 Å². The van der Waals surface area contributed by atoms with Crippen molar-refractivity contribution in [2.24, 2.45) is 17.8 Å². The van der Waals surface area contributed by atoms with E-state index in [1.165, 1.54) is 25.7 Å². The first-order valence-electron chi connectivity index (χ1n) is 8.91. The lowest BCUT2D eigenvalue weighted by atomic mass is 9.83. The van der Waals surface area contributed by atoms with Crippen LogP contribution < -0.4 is 0 Å². The number of carbonyl (C=O) groups excluding carboxylic acids is 1. The van der Waals surface area contributed by atoms with Crippen molar-refractivity contribution in [2.75, 3.05) is 6.61 Å². The lowest BCUT2D eigenvalue weighted by Crippen LogP contribution is -2.32. The van der Waals surface area contributed by atoms with Crippen LogP contribution in [0.5, 0.6) is 0 Å². The summed E-state index contributed by atoms with van der Waals surface area (Å²) in [6.45, 7) is 4.35. The third-order valence-corrected chi connectivity index (χ3v) is 4.44. The summed E-state index contributed by atoms with van der Waals surface area (Å²) in [5.41, 5.74) is 0. The molecule has 0 saturated heterocycles. The topological polar surface area (TPSA) is 63.6 Å². The molecule has 0 aromatic heterocycles. The maximum Gasteiger partial charge on any atom is 0.309 e. The Labute approximate surface area is 134 Å². The molecule has 1 N–H and O–H groups in total. The summed E-state index contributed by atoms with van der Waals surface area (Å²) in [6, 6.07) is 0. The van der Waals surface area contributed by atoms with E-state index in [-0.39, 0.29) is 11.9 Å². The molecular weight excluding hydrogens is 280 g/mol. The average Bonchev–Trinajstić information content (AvgIpc) is 2.44. The number of esters is 1. The van der Waals surface area contributed by atoms with E-state index in [9.17, 15) is 14.7 Å². The molecule has 0 spiro atoms. The fraction of sp³-hybridized carbons (Fsp3) is 0.889. The summed E-state index contributed by atoms with van der Waals surface area (Å²) in [5, 5.41) is 9.53. The molecule has 2 atom stereocenters. The number of rotatable bonds is 4. The summed E-state index contributed by atoms with van der Waals surface area (Å²) in [4.78, 5) is 24.0. The highest BCUT2D eigenvalue weighted by molar-refractivity contribution is 5.81. The maximum atomic E-state index is 12.3. The second-order valence-electron chi connectivity index (χ2n) is 6.98. The van der Waals surface area contributed by atoms with Gasteiger partial charge in [-0.25, -0.2) is 0 Å². The van der Waals surface area contributed by atoms with E-state index >= 15 is 0 Å². The third kappa shape index (κ3) is 7.28. The van der Waals surface area contributed by atoms with Gasteiger partial charge in [0.1, 0.15) is 0 Å². The summed E-state index contributed by atoms with van der Waals surface area (Å²) in [6.07, 6.45) is 10.1. The molecule has 1 aliphatic rings.